The van der Waals surface area contributed by atoms with Gasteiger partial charge in [0.25, 0.3) is 0 Å². The fourth-order valence-electron chi connectivity index (χ4n) is 1.41. The molecule has 2 aromatic heterocycles. The van der Waals surface area contributed by atoms with Crippen LogP contribution in [0.25, 0.3) is 11.5 Å². The summed E-state index contributed by atoms with van der Waals surface area (Å²) in [5.41, 5.74) is 0.440. The summed E-state index contributed by atoms with van der Waals surface area (Å²) in [6.45, 7) is 2.21. The second kappa shape index (κ2) is 6.01. The van der Waals surface area contributed by atoms with Crippen LogP contribution >= 0.6 is 0 Å². The predicted molar refractivity (Wildman–Crippen MR) is 64.1 cm³/mol. The lowest BCUT2D eigenvalue weighted by Gasteiger charge is -2.09. The molecule has 8 nitrogen and oxygen atoms in total. The fraction of sp³-hybridized carbons (Fsp3) is 0.364. The number of rotatable bonds is 5. The van der Waals surface area contributed by atoms with Crippen LogP contribution in [0.1, 0.15) is 17.6 Å². The van der Waals surface area contributed by atoms with Crippen LogP contribution in [0, 0.1) is 0 Å². The lowest BCUT2D eigenvalue weighted by Crippen LogP contribution is -2.35. The van der Waals surface area contributed by atoms with Gasteiger partial charge in [-0.1, -0.05) is 5.16 Å². The van der Waals surface area contributed by atoms with Gasteiger partial charge in [-0.3, -0.25) is 9.78 Å². The van der Waals surface area contributed by atoms with Crippen molar-refractivity contribution in [2.45, 2.75) is 13.0 Å². The van der Waals surface area contributed by atoms with Crippen molar-refractivity contribution in [2.24, 2.45) is 0 Å². The van der Waals surface area contributed by atoms with Crippen LogP contribution in [0.3, 0.4) is 0 Å². The first-order chi connectivity index (χ1) is 9.20. The Hall–Kier alpha value is -2.35. The Labute approximate surface area is 109 Å². The van der Waals surface area contributed by atoms with E-state index in [1.807, 2.05) is 0 Å². The Balaban J connectivity index is 2.07. The molecule has 0 aliphatic rings. The molecule has 1 unspecified atom stereocenters. The molecule has 0 saturated carbocycles. The van der Waals surface area contributed by atoms with Crippen molar-refractivity contribution in [2.75, 3.05) is 13.7 Å². The Kier molecular flexibility index (Phi) is 4.14. The van der Waals surface area contributed by atoms with Crippen LogP contribution in [0.4, 0.5) is 0 Å². The first kappa shape index (κ1) is 13.1. The molecule has 0 saturated heterocycles. The van der Waals surface area contributed by atoms with Gasteiger partial charge in [-0.25, -0.2) is 4.98 Å². The second-order valence-corrected chi connectivity index (χ2v) is 3.84. The molecule has 100 valence electrons. The smallest absolute Gasteiger partial charge is 0.316 e. The number of amides is 1. The SMILES string of the molecule is COCC(C)NC(=O)c1nc(-c2cnccn2)no1. The third-order valence-electron chi connectivity index (χ3n) is 2.21. The third kappa shape index (κ3) is 3.32. The molecule has 2 heterocycles. The maximum Gasteiger partial charge on any atom is 0.316 e. The molecule has 1 atom stereocenters. The molecular formula is C11H13N5O3. The van der Waals surface area contributed by atoms with E-state index in [0.717, 1.165) is 0 Å². The summed E-state index contributed by atoms with van der Waals surface area (Å²) in [4.78, 5) is 23.6. The van der Waals surface area contributed by atoms with Gasteiger partial charge in [-0.2, -0.15) is 4.98 Å². The summed E-state index contributed by atoms with van der Waals surface area (Å²) in [5, 5.41) is 6.35. The Bertz CT molecular complexity index is 542. The summed E-state index contributed by atoms with van der Waals surface area (Å²) in [6.07, 6.45) is 4.52. The molecule has 8 heteroatoms. The number of carbonyl (C=O) groups excluding carboxylic acids is 1. The molecule has 0 aromatic carbocycles. The van der Waals surface area contributed by atoms with E-state index >= 15 is 0 Å². The maximum atomic E-state index is 11.8. The molecule has 1 N–H and O–H groups in total. The Morgan fingerprint density at radius 2 is 2.37 bits per heavy atom. The summed E-state index contributed by atoms with van der Waals surface area (Å²) >= 11 is 0. The molecule has 0 spiro atoms. The van der Waals surface area contributed by atoms with Gasteiger partial charge < -0.3 is 14.6 Å². The monoisotopic (exact) mass is 263 g/mol. The zero-order valence-corrected chi connectivity index (χ0v) is 10.5. The van der Waals surface area contributed by atoms with Gasteiger partial charge in [0.05, 0.1) is 12.8 Å². The van der Waals surface area contributed by atoms with Crippen LogP contribution in [-0.2, 0) is 4.74 Å². The summed E-state index contributed by atoms with van der Waals surface area (Å²) < 4.78 is 9.79. The molecule has 0 bridgehead atoms. The minimum Gasteiger partial charge on any atom is -0.383 e. The minimum atomic E-state index is -0.452. The van der Waals surface area contributed by atoms with Crippen molar-refractivity contribution >= 4 is 5.91 Å². The van der Waals surface area contributed by atoms with E-state index < -0.39 is 5.91 Å². The highest BCUT2D eigenvalue weighted by Gasteiger charge is 2.18. The first-order valence-electron chi connectivity index (χ1n) is 5.60. The molecule has 19 heavy (non-hydrogen) atoms. The van der Waals surface area contributed by atoms with E-state index in [4.69, 9.17) is 9.26 Å². The van der Waals surface area contributed by atoms with E-state index in [2.05, 4.69) is 25.4 Å². The van der Waals surface area contributed by atoms with Gasteiger partial charge in [0, 0.05) is 25.5 Å². The van der Waals surface area contributed by atoms with E-state index in [1.165, 1.54) is 18.6 Å². The molecular weight excluding hydrogens is 250 g/mol. The number of hydrogen-bond acceptors (Lipinski definition) is 7. The minimum absolute atomic E-state index is 0.122. The average molecular weight is 263 g/mol. The lowest BCUT2D eigenvalue weighted by molar-refractivity contribution is 0.0862. The van der Waals surface area contributed by atoms with Crippen LogP contribution in [0.2, 0.25) is 0 Å². The standard InChI is InChI=1S/C11H13N5O3/c1-7(6-18-2)14-10(17)11-15-9(16-19-11)8-5-12-3-4-13-8/h3-5,7H,6H2,1-2H3,(H,14,17). The highest BCUT2D eigenvalue weighted by molar-refractivity contribution is 5.90. The molecule has 2 aromatic rings. The summed E-state index contributed by atoms with van der Waals surface area (Å²) in [6, 6.07) is -0.149. The largest absolute Gasteiger partial charge is 0.383 e. The summed E-state index contributed by atoms with van der Waals surface area (Å²) in [7, 11) is 1.56. The van der Waals surface area contributed by atoms with Crippen molar-refractivity contribution in [1.82, 2.24) is 25.4 Å². The molecule has 0 aliphatic heterocycles. The number of methoxy groups -OCH3 is 1. The van der Waals surface area contributed by atoms with Crippen molar-refractivity contribution in [3.05, 3.63) is 24.5 Å². The molecule has 0 aliphatic carbocycles. The molecule has 1 amide bonds. The number of nitrogens with zero attached hydrogens (tertiary/aromatic N) is 4. The predicted octanol–water partition coefficient (Wildman–Crippen LogP) is 0.291. The zero-order chi connectivity index (χ0) is 13.7. The van der Waals surface area contributed by atoms with Crippen molar-refractivity contribution in [1.29, 1.82) is 0 Å². The van der Waals surface area contributed by atoms with Crippen LogP contribution < -0.4 is 5.32 Å². The number of ether oxygens (including phenoxy) is 1. The molecule has 0 radical (unpaired) electrons. The average Bonchev–Trinajstić information content (AvgIpc) is 2.89. The number of nitrogens with one attached hydrogen (secondary N) is 1. The van der Waals surface area contributed by atoms with Crippen LogP contribution in [0.15, 0.2) is 23.1 Å². The number of aromatic nitrogens is 4. The quantitative estimate of drug-likeness (QED) is 0.826. The van der Waals surface area contributed by atoms with Gasteiger partial charge in [-0.05, 0) is 6.92 Å². The normalized spacial score (nSPS) is 12.1. The number of carbonyl (C=O) groups is 1. The van der Waals surface area contributed by atoms with Crippen LogP contribution in [-0.4, -0.2) is 45.8 Å². The van der Waals surface area contributed by atoms with E-state index in [0.29, 0.717) is 12.3 Å². The first-order valence-corrected chi connectivity index (χ1v) is 5.60. The Morgan fingerprint density at radius 1 is 1.53 bits per heavy atom. The highest BCUT2D eigenvalue weighted by Crippen LogP contribution is 2.10. The van der Waals surface area contributed by atoms with Crippen molar-refractivity contribution < 1.29 is 14.1 Å². The zero-order valence-electron chi connectivity index (χ0n) is 10.5. The maximum absolute atomic E-state index is 11.8. The third-order valence-corrected chi connectivity index (χ3v) is 2.21. The van der Waals surface area contributed by atoms with Gasteiger partial charge in [0.2, 0.25) is 5.82 Å². The fourth-order valence-corrected chi connectivity index (χ4v) is 1.41. The van der Waals surface area contributed by atoms with E-state index in [-0.39, 0.29) is 17.8 Å². The second-order valence-electron chi connectivity index (χ2n) is 3.84. The Morgan fingerprint density at radius 3 is 3.05 bits per heavy atom. The summed E-state index contributed by atoms with van der Waals surface area (Å²) in [5.74, 6) is -0.353. The van der Waals surface area contributed by atoms with Crippen molar-refractivity contribution in [3.8, 4) is 11.5 Å². The van der Waals surface area contributed by atoms with E-state index in [9.17, 15) is 4.79 Å². The topological polar surface area (TPSA) is 103 Å². The molecule has 2 rings (SSSR count). The van der Waals surface area contributed by atoms with Gasteiger partial charge in [0.1, 0.15) is 5.69 Å². The van der Waals surface area contributed by atoms with E-state index in [1.54, 1.807) is 14.0 Å². The van der Waals surface area contributed by atoms with Gasteiger partial charge >= 0.3 is 11.8 Å². The molecule has 0 fully saturated rings. The highest BCUT2D eigenvalue weighted by atomic mass is 16.5. The lowest BCUT2D eigenvalue weighted by atomic mass is 10.3. The van der Waals surface area contributed by atoms with Gasteiger partial charge in [0.15, 0.2) is 0 Å². The van der Waals surface area contributed by atoms with Gasteiger partial charge in [-0.15, -0.1) is 0 Å². The van der Waals surface area contributed by atoms with Crippen molar-refractivity contribution in [3.63, 3.8) is 0 Å². The number of hydrogen-bond donors (Lipinski definition) is 1. The van der Waals surface area contributed by atoms with Crippen LogP contribution in [0.5, 0.6) is 0 Å².